The predicted octanol–water partition coefficient (Wildman–Crippen LogP) is 1.87. The minimum atomic E-state index is 0.178. The Morgan fingerprint density at radius 2 is 2.31 bits per heavy atom. The lowest BCUT2D eigenvalue weighted by molar-refractivity contribution is -0.113. The van der Waals surface area contributed by atoms with Crippen LogP contribution in [0.25, 0.3) is 0 Å². The molecule has 2 nitrogen and oxygen atoms in total. The molecule has 0 aromatic carbocycles. The summed E-state index contributed by atoms with van der Waals surface area (Å²) < 4.78 is 5.33. The number of methoxy groups -OCH3 is 1. The number of carbonyl (C=O) groups excluding carboxylic acids is 1. The zero-order valence-corrected chi connectivity index (χ0v) is 7.82. The highest BCUT2D eigenvalue weighted by atomic mass is 16.5. The van der Waals surface area contributed by atoms with Gasteiger partial charge in [-0.15, -0.1) is 0 Å². The van der Waals surface area contributed by atoms with Crippen LogP contribution in [-0.4, -0.2) is 19.0 Å². The van der Waals surface area contributed by atoms with E-state index in [-0.39, 0.29) is 11.9 Å². The fourth-order valence-corrected chi connectivity index (χ4v) is 2.16. The Bertz CT molecular complexity index is 276. The first-order valence-corrected chi connectivity index (χ1v) is 4.75. The molecule has 2 rings (SSSR count). The van der Waals surface area contributed by atoms with Gasteiger partial charge in [-0.1, -0.05) is 12.2 Å². The number of carbonyl (C=O) groups is 1. The Morgan fingerprint density at radius 3 is 3.08 bits per heavy atom. The summed E-state index contributed by atoms with van der Waals surface area (Å²) in [4.78, 5) is 11.3. The molecule has 0 aliphatic heterocycles. The van der Waals surface area contributed by atoms with E-state index in [0.717, 1.165) is 12.8 Å². The average molecular weight is 178 g/mol. The SMILES string of the molecule is CO[C@H]1CC[C@H]2C=CCC(=O)C=C21. The zero-order valence-electron chi connectivity index (χ0n) is 7.82. The topological polar surface area (TPSA) is 26.3 Å². The van der Waals surface area contributed by atoms with E-state index in [1.807, 2.05) is 6.08 Å². The number of hydrogen-bond acceptors (Lipinski definition) is 2. The maximum Gasteiger partial charge on any atom is 0.159 e. The van der Waals surface area contributed by atoms with Crippen molar-refractivity contribution in [2.45, 2.75) is 25.4 Å². The van der Waals surface area contributed by atoms with E-state index in [1.54, 1.807) is 13.2 Å². The molecule has 0 N–H and O–H groups in total. The van der Waals surface area contributed by atoms with E-state index >= 15 is 0 Å². The summed E-state index contributed by atoms with van der Waals surface area (Å²) in [7, 11) is 1.72. The van der Waals surface area contributed by atoms with Gasteiger partial charge in [0.15, 0.2) is 5.78 Å². The molecule has 0 heterocycles. The summed E-state index contributed by atoms with van der Waals surface area (Å²) in [5, 5.41) is 0. The van der Waals surface area contributed by atoms with Crippen molar-refractivity contribution in [2.24, 2.45) is 5.92 Å². The number of allylic oxidation sites excluding steroid dienone is 3. The summed E-state index contributed by atoms with van der Waals surface area (Å²) in [6.45, 7) is 0. The summed E-state index contributed by atoms with van der Waals surface area (Å²) in [6, 6.07) is 0. The Morgan fingerprint density at radius 1 is 1.46 bits per heavy atom. The molecule has 2 heteroatoms. The molecule has 70 valence electrons. The van der Waals surface area contributed by atoms with E-state index in [0.29, 0.717) is 12.3 Å². The number of ketones is 1. The van der Waals surface area contributed by atoms with Gasteiger partial charge in [0, 0.05) is 19.4 Å². The molecule has 1 saturated carbocycles. The van der Waals surface area contributed by atoms with Crippen LogP contribution in [0.1, 0.15) is 19.3 Å². The first-order valence-electron chi connectivity index (χ1n) is 4.75. The molecule has 0 aromatic rings. The van der Waals surface area contributed by atoms with Crippen molar-refractivity contribution in [1.82, 2.24) is 0 Å². The number of fused-ring (bicyclic) bond motifs is 1. The lowest BCUT2D eigenvalue weighted by atomic mass is 10.0. The van der Waals surface area contributed by atoms with Crippen molar-refractivity contribution in [3.05, 3.63) is 23.8 Å². The lowest BCUT2D eigenvalue weighted by Crippen LogP contribution is -2.10. The highest BCUT2D eigenvalue weighted by Crippen LogP contribution is 2.35. The summed E-state index contributed by atoms with van der Waals surface area (Å²) in [5.74, 6) is 0.661. The van der Waals surface area contributed by atoms with Crippen LogP contribution in [0.2, 0.25) is 0 Å². The van der Waals surface area contributed by atoms with Gasteiger partial charge >= 0.3 is 0 Å². The van der Waals surface area contributed by atoms with Gasteiger partial charge in [-0.05, 0) is 24.5 Å². The largest absolute Gasteiger partial charge is 0.377 e. The number of rotatable bonds is 1. The minimum absolute atomic E-state index is 0.178. The van der Waals surface area contributed by atoms with E-state index < -0.39 is 0 Å². The predicted molar refractivity (Wildman–Crippen MR) is 50.4 cm³/mol. The molecule has 0 saturated heterocycles. The second-order valence-corrected chi connectivity index (χ2v) is 3.65. The van der Waals surface area contributed by atoms with Crippen LogP contribution >= 0.6 is 0 Å². The van der Waals surface area contributed by atoms with Crippen LogP contribution < -0.4 is 0 Å². The molecule has 0 radical (unpaired) electrons. The Hall–Kier alpha value is -0.890. The van der Waals surface area contributed by atoms with Crippen LogP contribution in [-0.2, 0) is 9.53 Å². The van der Waals surface area contributed by atoms with Gasteiger partial charge in [-0.25, -0.2) is 0 Å². The number of hydrogen-bond donors (Lipinski definition) is 0. The molecule has 0 unspecified atom stereocenters. The van der Waals surface area contributed by atoms with Crippen LogP contribution in [0.4, 0.5) is 0 Å². The molecule has 0 bridgehead atoms. The molecular formula is C11H14O2. The molecule has 0 spiro atoms. The van der Waals surface area contributed by atoms with Crippen molar-refractivity contribution in [1.29, 1.82) is 0 Å². The first kappa shape index (κ1) is 8.70. The van der Waals surface area contributed by atoms with Gasteiger partial charge in [0.25, 0.3) is 0 Å². The summed E-state index contributed by atoms with van der Waals surface area (Å²) >= 11 is 0. The maximum absolute atomic E-state index is 11.3. The highest BCUT2D eigenvalue weighted by molar-refractivity contribution is 5.92. The quantitative estimate of drug-likeness (QED) is 0.573. The van der Waals surface area contributed by atoms with Crippen LogP contribution in [0.3, 0.4) is 0 Å². The first-order chi connectivity index (χ1) is 6.31. The van der Waals surface area contributed by atoms with Crippen molar-refractivity contribution in [3.63, 3.8) is 0 Å². The van der Waals surface area contributed by atoms with E-state index in [1.165, 1.54) is 5.57 Å². The maximum atomic E-state index is 11.3. The van der Waals surface area contributed by atoms with Crippen molar-refractivity contribution in [3.8, 4) is 0 Å². The smallest absolute Gasteiger partial charge is 0.159 e. The van der Waals surface area contributed by atoms with Crippen LogP contribution in [0.5, 0.6) is 0 Å². The van der Waals surface area contributed by atoms with Crippen molar-refractivity contribution in [2.75, 3.05) is 7.11 Å². The van der Waals surface area contributed by atoms with Gasteiger partial charge < -0.3 is 4.74 Å². The zero-order chi connectivity index (χ0) is 9.26. The van der Waals surface area contributed by atoms with Gasteiger partial charge in [0.1, 0.15) is 0 Å². The summed E-state index contributed by atoms with van der Waals surface area (Å²) in [5.41, 5.74) is 1.18. The standard InChI is InChI=1S/C11H14O2/c1-13-11-6-5-8-3-2-4-9(12)7-10(8)11/h2-3,7-8,11H,4-6H2,1H3/t8-,11+/m1/s1. The molecular weight excluding hydrogens is 164 g/mol. The van der Waals surface area contributed by atoms with Crippen molar-refractivity contribution >= 4 is 5.78 Å². The Kier molecular flexibility index (Phi) is 2.32. The van der Waals surface area contributed by atoms with Gasteiger partial charge in [0.05, 0.1) is 6.10 Å². The molecule has 0 aromatic heterocycles. The van der Waals surface area contributed by atoms with Crippen molar-refractivity contribution < 1.29 is 9.53 Å². The molecule has 2 aliphatic rings. The van der Waals surface area contributed by atoms with Gasteiger partial charge in [0.2, 0.25) is 0 Å². The molecule has 0 amide bonds. The molecule has 2 aliphatic carbocycles. The van der Waals surface area contributed by atoms with Crippen LogP contribution in [0.15, 0.2) is 23.8 Å². The molecule has 1 fully saturated rings. The van der Waals surface area contributed by atoms with E-state index in [4.69, 9.17) is 4.74 Å². The third-order valence-electron chi connectivity index (χ3n) is 2.84. The third kappa shape index (κ3) is 1.59. The fraction of sp³-hybridized carbons (Fsp3) is 0.545. The normalized spacial score (nSPS) is 32.7. The van der Waals surface area contributed by atoms with Gasteiger partial charge in [-0.2, -0.15) is 0 Å². The monoisotopic (exact) mass is 178 g/mol. The molecule has 2 atom stereocenters. The minimum Gasteiger partial charge on any atom is -0.377 e. The van der Waals surface area contributed by atoms with E-state index in [9.17, 15) is 4.79 Å². The number of ether oxygens (including phenoxy) is 1. The second-order valence-electron chi connectivity index (χ2n) is 3.65. The lowest BCUT2D eigenvalue weighted by Gasteiger charge is -2.11. The summed E-state index contributed by atoms with van der Waals surface area (Å²) in [6.07, 6.45) is 8.81. The van der Waals surface area contributed by atoms with Crippen LogP contribution in [0, 0.1) is 5.92 Å². The third-order valence-corrected chi connectivity index (χ3v) is 2.84. The average Bonchev–Trinajstić information content (AvgIpc) is 2.39. The fourth-order valence-electron chi connectivity index (χ4n) is 2.16. The Labute approximate surface area is 78.3 Å². The Balaban J connectivity index is 2.28. The highest BCUT2D eigenvalue weighted by Gasteiger charge is 2.29. The van der Waals surface area contributed by atoms with Gasteiger partial charge in [-0.3, -0.25) is 4.79 Å². The molecule has 13 heavy (non-hydrogen) atoms. The second kappa shape index (κ2) is 3.46. The van der Waals surface area contributed by atoms with E-state index in [2.05, 4.69) is 6.08 Å².